The van der Waals surface area contributed by atoms with E-state index in [-0.39, 0.29) is 37.4 Å². The predicted octanol–water partition coefficient (Wildman–Crippen LogP) is -0.903. The number of hydrazone groups is 1. The van der Waals surface area contributed by atoms with E-state index in [1.807, 2.05) is 67.0 Å². The number of nitrogens with one attached hydrogen (secondary N) is 1. The van der Waals surface area contributed by atoms with E-state index in [0.29, 0.717) is 12.3 Å². The van der Waals surface area contributed by atoms with Gasteiger partial charge in [0.1, 0.15) is 5.75 Å². The smallest absolute Gasteiger partial charge is 0.305 e. The first-order chi connectivity index (χ1) is 15.2. The predicted molar refractivity (Wildman–Crippen MR) is 117 cm³/mol. The number of pyridine rings is 1. The second-order valence-electron chi connectivity index (χ2n) is 7.12. The number of anilines is 1. The summed E-state index contributed by atoms with van der Waals surface area (Å²) in [4.78, 5) is 26.2. The summed E-state index contributed by atoms with van der Waals surface area (Å²) >= 11 is 0. The summed E-state index contributed by atoms with van der Waals surface area (Å²) in [6.07, 6.45) is 6.06. The van der Waals surface area contributed by atoms with E-state index in [0.717, 1.165) is 17.7 Å². The Balaban J connectivity index is 0.00000289. The maximum atomic E-state index is 12.5. The number of carbonyl (C=O) groups excluding carboxylic acids is 2. The molecule has 2 aromatic carbocycles. The average Bonchev–Trinajstić information content (AvgIpc) is 3.23. The van der Waals surface area contributed by atoms with Gasteiger partial charge < -0.3 is 22.0 Å². The summed E-state index contributed by atoms with van der Waals surface area (Å²) in [6, 6.07) is 20.7. The second-order valence-corrected chi connectivity index (χ2v) is 7.12. The summed E-state index contributed by atoms with van der Waals surface area (Å²) in [6.45, 7) is 0.862. The number of aromatic nitrogens is 1. The van der Waals surface area contributed by atoms with Gasteiger partial charge in [0.05, 0.1) is 6.21 Å². The second kappa shape index (κ2) is 11.1. The van der Waals surface area contributed by atoms with E-state index < -0.39 is 0 Å². The van der Waals surface area contributed by atoms with E-state index in [1.165, 1.54) is 5.56 Å². The van der Waals surface area contributed by atoms with Crippen molar-refractivity contribution in [3.05, 3.63) is 90.3 Å². The molecule has 0 aliphatic carbocycles. The van der Waals surface area contributed by atoms with Gasteiger partial charge in [-0.3, -0.25) is 9.59 Å². The van der Waals surface area contributed by atoms with Crippen LogP contribution in [0.1, 0.15) is 11.1 Å². The van der Waals surface area contributed by atoms with Gasteiger partial charge >= 0.3 is 5.91 Å². The fourth-order valence-electron chi connectivity index (χ4n) is 3.39. The number of rotatable bonds is 7. The Kier molecular flexibility index (Phi) is 7.94. The number of amides is 2. The van der Waals surface area contributed by atoms with Gasteiger partial charge in [-0.2, -0.15) is 9.67 Å². The number of hydrogen-bond donors (Lipinski definition) is 1. The molecule has 7 nitrogen and oxygen atoms in total. The lowest BCUT2D eigenvalue weighted by atomic mass is 10.2. The van der Waals surface area contributed by atoms with Crippen LogP contribution in [0.2, 0.25) is 0 Å². The van der Waals surface area contributed by atoms with Crippen LogP contribution < -0.4 is 32.0 Å². The molecule has 8 heteroatoms. The van der Waals surface area contributed by atoms with E-state index in [2.05, 4.69) is 10.5 Å². The maximum absolute atomic E-state index is 12.5. The lowest BCUT2D eigenvalue weighted by Gasteiger charge is -2.17. The van der Waals surface area contributed by atoms with Gasteiger partial charge in [-0.1, -0.05) is 24.3 Å². The molecule has 3 aromatic rings. The van der Waals surface area contributed by atoms with Gasteiger partial charge in [0.15, 0.2) is 19.0 Å². The Morgan fingerprint density at radius 2 is 1.78 bits per heavy atom. The van der Waals surface area contributed by atoms with Gasteiger partial charge in [-0.25, -0.2) is 5.43 Å². The number of halogens is 1. The lowest BCUT2D eigenvalue weighted by molar-refractivity contribution is -0.684. The topological polar surface area (TPSA) is 74.9 Å². The van der Waals surface area contributed by atoms with Crippen molar-refractivity contribution in [2.45, 2.75) is 13.0 Å². The zero-order chi connectivity index (χ0) is 21.5. The Labute approximate surface area is 192 Å². The number of para-hydroxylation sites is 1. The van der Waals surface area contributed by atoms with E-state index in [1.54, 1.807) is 27.8 Å². The molecule has 1 N–H and O–H groups in total. The fraction of sp³-hybridized carbons (Fsp3) is 0.167. The van der Waals surface area contributed by atoms with Crippen LogP contribution in [0.25, 0.3) is 0 Å². The fourth-order valence-corrected chi connectivity index (χ4v) is 3.39. The first-order valence-electron chi connectivity index (χ1n) is 10.1. The molecule has 0 saturated heterocycles. The third-order valence-electron chi connectivity index (χ3n) is 4.94. The molecule has 0 atom stereocenters. The normalized spacial score (nSPS) is 12.2. The number of ether oxygens (including phenoxy) is 1. The minimum atomic E-state index is -0.214. The summed E-state index contributed by atoms with van der Waals surface area (Å²) in [7, 11) is 0. The van der Waals surface area contributed by atoms with Crippen LogP contribution in [0.5, 0.6) is 5.75 Å². The minimum Gasteiger partial charge on any atom is -1.00 e. The molecule has 0 saturated carbocycles. The van der Waals surface area contributed by atoms with Crippen LogP contribution in [0.3, 0.4) is 0 Å². The molecule has 0 unspecified atom stereocenters. The first kappa shape index (κ1) is 23.0. The first-order valence-corrected chi connectivity index (χ1v) is 10.1. The molecule has 32 heavy (non-hydrogen) atoms. The summed E-state index contributed by atoms with van der Waals surface area (Å²) in [5.74, 6) is 0.325. The highest BCUT2D eigenvalue weighted by Gasteiger charge is 2.24. The molecular weight excluding hydrogens is 428 g/mol. The highest BCUT2D eigenvalue weighted by Crippen LogP contribution is 2.27. The highest BCUT2D eigenvalue weighted by molar-refractivity contribution is 5.96. The van der Waals surface area contributed by atoms with E-state index >= 15 is 0 Å². The van der Waals surface area contributed by atoms with Gasteiger partial charge in [-0.15, -0.1) is 0 Å². The Morgan fingerprint density at radius 3 is 2.56 bits per heavy atom. The van der Waals surface area contributed by atoms with Gasteiger partial charge in [0, 0.05) is 24.4 Å². The van der Waals surface area contributed by atoms with Crippen molar-refractivity contribution in [3.8, 4) is 5.75 Å². The Hall–Kier alpha value is -3.71. The van der Waals surface area contributed by atoms with Crippen molar-refractivity contribution in [1.29, 1.82) is 0 Å². The zero-order valence-electron chi connectivity index (χ0n) is 17.4. The van der Waals surface area contributed by atoms with Crippen molar-refractivity contribution in [2.75, 3.05) is 18.1 Å². The van der Waals surface area contributed by atoms with Crippen molar-refractivity contribution >= 4 is 23.7 Å². The maximum Gasteiger partial charge on any atom is 0.305 e. The quantitative estimate of drug-likeness (QED) is 0.288. The van der Waals surface area contributed by atoms with Crippen molar-refractivity contribution in [3.63, 3.8) is 0 Å². The SMILES string of the molecule is O=C(C[n+]1ccccc1)N/N=C/c1ccc(OCC(=O)N2CCc3ccccc32)cc1.[Cl-]. The molecule has 0 radical (unpaired) electrons. The lowest BCUT2D eigenvalue weighted by Crippen LogP contribution is -3.00. The van der Waals surface area contributed by atoms with Crippen LogP contribution in [0, 0.1) is 0 Å². The number of carbonyl (C=O) groups is 2. The molecule has 1 aliphatic heterocycles. The summed E-state index contributed by atoms with van der Waals surface area (Å²) in [5.41, 5.74) is 5.46. The molecule has 2 heterocycles. The minimum absolute atomic E-state index is 0. The van der Waals surface area contributed by atoms with Crippen molar-refractivity contribution in [1.82, 2.24) is 5.43 Å². The van der Waals surface area contributed by atoms with E-state index in [9.17, 15) is 9.59 Å². The average molecular weight is 451 g/mol. The molecule has 0 bridgehead atoms. The largest absolute Gasteiger partial charge is 1.00 e. The van der Waals surface area contributed by atoms with Gasteiger partial charge in [0.25, 0.3) is 5.91 Å². The molecule has 4 rings (SSSR count). The number of nitrogens with zero attached hydrogens (tertiary/aromatic N) is 3. The molecule has 0 spiro atoms. The van der Waals surface area contributed by atoms with Gasteiger partial charge in [-0.05, 0) is 47.9 Å². The van der Waals surface area contributed by atoms with Crippen LogP contribution in [-0.4, -0.2) is 31.2 Å². The van der Waals surface area contributed by atoms with Crippen LogP contribution in [0.4, 0.5) is 5.69 Å². The summed E-state index contributed by atoms with van der Waals surface area (Å²) < 4.78 is 7.41. The van der Waals surface area contributed by atoms with Crippen LogP contribution >= 0.6 is 0 Å². The number of benzene rings is 2. The number of hydrogen-bond acceptors (Lipinski definition) is 4. The zero-order valence-corrected chi connectivity index (χ0v) is 18.1. The molecular formula is C24H23ClN4O3. The highest BCUT2D eigenvalue weighted by atomic mass is 35.5. The van der Waals surface area contributed by atoms with Crippen LogP contribution in [0.15, 0.2) is 84.2 Å². The molecule has 2 amide bonds. The summed E-state index contributed by atoms with van der Waals surface area (Å²) in [5, 5.41) is 3.98. The molecule has 1 aliphatic rings. The Bertz CT molecular complexity index is 1090. The molecule has 0 fully saturated rings. The third-order valence-corrected chi connectivity index (χ3v) is 4.94. The Morgan fingerprint density at radius 1 is 1.03 bits per heavy atom. The number of fused-ring (bicyclic) bond motifs is 1. The standard InChI is InChI=1S/C24H22N4O3.ClH/c29-23(17-27-13-4-1-5-14-27)26-25-16-19-8-10-21(11-9-19)31-18-24(30)28-15-12-20-6-2-3-7-22(20)28;/h1-11,13-14,16H,12,15,17-18H2;1H/b25-16+;. The van der Waals surface area contributed by atoms with Crippen LogP contribution in [-0.2, 0) is 22.6 Å². The van der Waals surface area contributed by atoms with Crippen molar-refractivity contribution < 1.29 is 31.3 Å². The third kappa shape index (κ3) is 5.92. The van der Waals surface area contributed by atoms with Crippen molar-refractivity contribution in [2.24, 2.45) is 5.10 Å². The monoisotopic (exact) mass is 450 g/mol. The van der Waals surface area contributed by atoms with Gasteiger partial charge in [0.2, 0.25) is 6.54 Å². The molecule has 164 valence electrons. The van der Waals surface area contributed by atoms with E-state index in [4.69, 9.17) is 4.74 Å². The molecule has 1 aromatic heterocycles.